The predicted molar refractivity (Wildman–Crippen MR) is 132 cm³/mol. The fourth-order valence-electron chi connectivity index (χ4n) is 4.69. The van der Waals surface area contributed by atoms with Crippen LogP contribution in [0.3, 0.4) is 0 Å². The molecule has 3 aromatic carbocycles. The minimum Gasteiger partial charge on any atom is -0.487 e. The van der Waals surface area contributed by atoms with Crippen LogP contribution in [0.2, 0.25) is 0 Å². The van der Waals surface area contributed by atoms with E-state index in [0.717, 1.165) is 16.9 Å². The van der Waals surface area contributed by atoms with Gasteiger partial charge in [-0.15, -0.1) is 0 Å². The zero-order chi connectivity index (χ0) is 25.7. The van der Waals surface area contributed by atoms with Gasteiger partial charge in [0.25, 0.3) is 0 Å². The summed E-state index contributed by atoms with van der Waals surface area (Å²) in [5.74, 6) is -1.28. The zero-order valence-corrected chi connectivity index (χ0v) is 20.2. The topological polar surface area (TPSA) is 66.8 Å². The summed E-state index contributed by atoms with van der Waals surface area (Å²) >= 11 is 0. The van der Waals surface area contributed by atoms with Gasteiger partial charge in [-0.1, -0.05) is 48.5 Å². The van der Waals surface area contributed by atoms with Crippen molar-refractivity contribution in [1.82, 2.24) is 4.90 Å². The Kier molecular flexibility index (Phi) is 7.67. The number of halogens is 2. The molecule has 1 heterocycles. The van der Waals surface area contributed by atoms with Crippen LogP contribution in [0, 0.1) is 11.6 Å². The van der Waals surface area contributed by atoms with Crippen LogP contribution in [-0.2, 0) is 35.3 Å². The number of carboxylic acids is 1. The third kappa shape index (κ3) is 6.27. The second-order valence-corrected chi connectivity index (χ2v) is 9.49. The lowest BCUT2D eigenvalue weighted by molar-refractivity contribution is -0.144. The molecule has 7 heteroatoms. The molecule has 0 aliphatic carbocycles. The van der Waals surface area contributed by atoms with E-state index in [1.54, 1.807) is 30.3 Å². The molecular formula is C29H29F2NO4. The van der Waals surface area contributed by atoms with Crippen molar-refractivity contribution < 1.29 is 28.2 Å². The highest BCUT2D eigenvalue weighted by molar-refractivity contribution is 5.81. The number of benzene rings is 3. The highest BCUT2D eigenvalue weighted by Crippen LogP contribution is 2.38. The Hall–Kier alpha value is -3.74. The number of ether oxygens (including phenoxy) is 1. The number of nitrogens with zero attached hydrogens (tertiary/aromatic N) is 1. The number of hydrogen-bond acceptors (Lipinski definition) is 3. The fourth-order valence-corrected chi connectivity index (χ4v) is 4.69. The summed E-state index contributed by atoms with van der Waals surface area (Å²) in [6.45, 7) is 1.65. The number of carbonyl (C=O) groups excluding carboxylic acids is 1. The van der Waals surface area contributed by atoms with Crippen LogP contribution in [0.25, 0.3) is 0 Å². The molecule has 0 radical (unpaired) electrons. The van der Waals surface area contributed by atoms with Crippen LogP contribution >= 0.6 is 0 Å². The smallest absolute Gasteiger partial charge is 0.323 e. The largest absolute Gasteiger partial charge is 0.487 e. The number of hydrogen-bond donors (Lipinski definition) is 1. The van der Waals surface area contributed by atoms with Crippen molar-refractivity contribution in [3.63, 3.8) is 0 Å². The number of carboxylic acid groups (broad SMARTS) is 1. The van der Waals surface area contributed by atoms with Crippen LogP contribution in [0.1, 0.15) is 35.6 Å². The Bertz CT molecular complexity index is 1260. The average molecular weight is 494 g/mol. The summed E-state index contributed by atoms with van der Waals surface area (Å²) in [7, 11) is 0. The lowest BCUT2D eigenvalue weighted by atomic mass is 9.91. The lowest BCUT2D eigenvalue weighted by Gasteiger charge is -2.24. The summed E-state index contributed by atoms with van der Waals surface area (Å²) in [4.78, 5) is 25.4. The molecule has 1 atom stereocenters. The molecule has 1 aliphatic heterocycles. The molecule has 1 unspecified atom stereocenters. The van der Waals surface area contributed by atoms with E-state index < -0.39 is 18.1 Å². The number of rotatable bonds is 10. The standard InChI is InChI=1S/C29H29F2NO4/c1-29(17-22-7-3-5-9-25(22)31)18-23-16-20(10-12-26(23)36-29)11-13-27(33)32(19-28(34)35)15-14-21-6-2-4-8-24(21)30/h2-10,12,16H,11,13-15,17-19H2,1H3,(H,34,35). The van der Waals surface area contributed by atoms with Gasteiger partial charge in [0.05, 0.1) is 0 Å². The molecule has 0 bridgehead atoms. The van der Waals surface area contributed by atoms with Crippen LogP contribution in [0.15, 0.2) is 66.7 Å². The highest BCUT2D eigenvalue weighted by Gasteiger charge is 2.35. The summed E-state index contributed by atoms with van der Waals surface area (Å²) < 4.78 is 34.2. The summed E-state index contributed by atoms with van der Waals surface area (Å²) in [5, 5.41) is 9.24. The number of aryl methyl sites for hydroxylation is 1. The molecule has 0 saturated carbocycles. The van der Waals surface area contributed by atoms with Gasteiger partial charge in [0.1, 0.15) is 29.5 Å². The zero-order valence-electron chi connectivity index (χ0n) is 20.2. The Morgan fingerprint density at radius 2 is 1.64 bits per heavy atom. The maximum Gasteiger partial charge on any atom is 0.323 e. The monoisotopic (exact) mass is 493 g/mol. The van der Waals surface area contributed by atoms with E-state index in [-0.39, 0.29) is 36.9 Å². The molecule has 188 valence electrons. The van der Waals surface area contributed by atoms with Crippen LogP contribution < -0.4 is 4.74 Å². The Morgan fingerprint density at radius 1 is 0.972 bits per heavy atom. The van der Waals surface area contributed by atoms with Crippen LogP contribution in [0.5, 0.6) is 5.75 Å². The second kappa shape index (κ2) is 10.9. The Balaban J connectivity index is 1.37. The molecular weight excluding hydrogens is 464 g/mol. The summed E-state index contributed by atoms with van der Waals surface area (Å²) in [6.07, 6.45) is 1.87. The van der Waals surface area contributed by atoms with Gasteiger partial charge < -0.3 is 14.7 Å². The van der Waals surface area contributed by atoms with E-state index in [9.17, 15) is 23.5 Å². The van der Waals surface area contributed by atoms with E-state index in [1.165, 1.54) is 17.0 Å². The van der Waals surface area contributed by atoms with Crippen molar-refractivity contribution in [3.8, 4) is 5.75 Å². The van der Waals surface area contributed by atoms with Crippen molar-refractivity contribution in [2.75, 3.05) is 13.1 Å². The maximum absolute atomic E-state index is 14.2. The molecule has 5 nitrogen and oxygen atoms in total. The van der Waals surface area contributed by atoms with Crippen molar-refractivity contribution in [3.05, 3.63) is 101 Å². The molecule has 1 aliphatic rings. The quantitative estimate of drug-likeness (QED) is 0.432. The molecule has 36 heavy (non-hydrogen) atoms. The SMILES string of the molecule is CC1(Cc2ccccc2F)Cc2cc(CCC(=O)N(CCc3ccccc3F)CC(=O)O)ccc2O1. The third-order valence-electron chi connectivity index (χ3n) is 6.48. The van der Waals surface area contributed by atoms with E-state index in [0.29, 0.717) is 30.4 Å². The van der Waals surface area contributed by atoms with Crippen molar-refractivity contribution in [2.24, 2.45) is 0 Å². The first-order valence-electron chi connectivity index (χ1n) is 12.0. The van der Waals surface area contributed by atoms with Crippen molar-refractivity contribution >= 4 is 11.9 Å². The molecule has 0 fully saturated rings. The number of aliphatic carboxylic acids is 1. The van der Waals surface area contributed by atoms with Crippen LogP contribution in [0.4, 0.5) is 8.78 Å². The molecule has 1 amide bonds. The van der Waals surface area contributed by atoms with Gasteiger partial charge in [0, 0.05) is 25.8 Å². The first-order chi connectivity index (χ1) is 17.2. The first kappa shape index (κ1) is 25.4. The molecule has 0 spiro atoms. The van der Waals surface area contributed by atoms with E-state index >= 15 is 0 Å². The molecule has 0 aromatic heterocycles. The fraction of sp³-hybridized carbons (Fsp3) is 0.310. The highest BCUT2D eigenvalue weighted by atomic mass is 19.1. The van der Waals surface area contributed by atoms with Crippen molar-refractivity contribution in [2.45, 2.75) is 44.6 Å². The van der Waals surface area contributed by atoms with E-state index in [4.69, 9.17) is 4.74 Å². The van der Waals surface area contributed by atoms with Gasteiger partial charge in [-0.3, -0.25) is 9.59 Å². The Morgan fingerprint density at radius 3 is 2.31 bits per heavy atom. The molecule has 3 aromatic rings. The molecule has 4 rings (SSSR count). The molecule has 1 N–H and O–H groups in total. The second-order valence-electron chi connectivity index (χ2n) is 9.49. The number of carbonyl (C=O) groups is 2. The van der Waals surface area contributed by atoms with Gasteiger partial charge in [-0.2, -0.15) is 0 Å². The van der Waals surface area contributed by atoms with Gasteiger partial charge in [0.15, 0.2) is 0 Å². The van der Waals surface area contributed by atoms with Gasteiger partial charge >= 0.3 is 5.97 Å². The van der Waals surface area contributed by atoms with E-state index in [2.05, 4.69) is 0 Å². The van der Waals surface area contributed by atoms with Crippen molar-refractivity contribution in [1.29, 1.82) is 0 Å². The first-order valence-corrected chi connectivity index (χ1v) is 12.0. The van der Waals surface area contributed by atoms with Gasteiger partial charge in [0.2, 0.25) is 5.91 Å². The van der Waals surface area contributed by atoms with E-state index in [1.807, 2.05) is 31.2 Å². The normalized spacial score (nSPS) is 16.3. The summed E-state index contributed by atoms with van der Waals surface area (Å²) in [6, 6.07) is 18.7. The number of fused-ring (bicyclic) bond motifs is 1. The Labute approximate surface area is 209 Å². The summed E-state index contributed by atoms with van der Waals surface area (Å²) in [5.41, 5.74) is 2.42. The maximum atomic E-state index is 14.2. The average Bonchev–Trinajstić information content (AvgIpc) is 3.17. The lowest BCUT2D eigenvalue weighted by Crippen LogP contribution is -2.37. The van der Waals surface area contributed by atoms with Crippen LogP contribution in [-0.4, -0.2) is 40.6 Å². The minimum absolute atomic E-state index is 0.124. The van der Waals surface area contributed by atoms with Gasteiger partial charge in [-0.05, 0) is 60.2 Å². The predicted octanol–water partition coefficient (Wildman–Crippen LogP) is 4.99. The minimum atomic E-state index is -1.11. The number of amides is 1. The van der Waals surface area contributed by atoms with Gasteiger partial charge in [-0.25, -0.2) is 8.78 Å². The third-order valence-corrected chi connectivity index (χ3v) is 6.48. The molecule has 0 saturated heterocycles.